The van der Waals surface area contributed by atoms with E-state index < -0.39 is 0 Å². The molecule has 28 heavy (non-hydrogen) atoms. The number of carbonyl (C=O) groups is 1. The van der Waals surface area contributed by atoms with Crippen molar-refractivity contribution in [2.24, 2.45) is 0 Å². The van der Waals surface area contributed by atoms with Gasteiger partial charge in [0.05, 0.1) is 15.2 Å². The van der Waals surface area contributed by atoms with Gasteiger partial charge in [-0.1, -0.05) is 11.8 Å². The summed E-state index contributed by atoms with van der Waals surface area (Å²) in [7, 11) is 0. The Bertz CT molecular complexity index is 1200. The first-order chi connectivity index (χ1) is 13.4. The molecule has 0 atom stereocenters. The van der Waals surface area contributed by atoms with Gasteiger partial charge >= 0.3 is 0 Å². The van der Waals surface area contributed by atoms with Crippen molar-refractivity contribution in [2.45, 2.75) is 38.8 Å². The predicted molar refractivity (Wildman–Crippen MR) is 113 cm³/mol. The monoisotopic (exact) mass is 412 g/mol. The van der Waals surface area contributed by atoms with Crippen molar-refractivity contribution < 1.29 is 4.79 Å². The first kappa shape index (κ1) is 18.8. The summed E-state index contributed by atoms with van der Waals surface area (Å²) < 4.78 is 2.83. The van der Waals surface area contributed by atoms with Gasteiger partial charge in [-0.05, 0) is 57.2 Å². The predicted octanol–water partition coefficient (Wildman–Crippen LogP) is 3.95. The molecule has 1 aromatic carbocycles. The molecular weight excluding hydrogens is 392 g/mol. The van der Waals surface area contributed by atoms with E-state index in [1.807, 2.05) is 45.2 Å². The topological polar surface area (TPSA) is 85.1 Å². The minimum absolute atomic E-state index is 0.0251. The fraction of sp³-hybridized carbons (Fsp3) is 0.316. The number of fused-ring (bicyclic) bond motifs is 2. The normalized spacial score (nSPS) is 11.4. The van der Waals surface area contributed by atoms with Crippen LogP contribution in [-0.2, 0) is 11.2 Å². The maximum absolute atomic E-state index is 12.5. The molecule has 1 N–H and O–H groups in total. The summed E-state index contributed by atoms with van der Waals surface area (Å²) in [4.78, 5) is 25.9. The van der Waals surface area contributed by atoms with Crippen molar-refractivity contribution in [1.29, 1.82) is 0 Å². The van der Waals surface area contributed by atoms with Crippen LogP contribution in [0.1, 0.15) is 28.4 Å². The fourth-order valence-corrected chi connectivity index (χ4v) is 4.42. The van der Waals surface area contributed by atoms with Gasteiger partial charge in [0.2, 0.25) is 11.1 Å². The number of aromatic nitrogens is 5. The van der Waals surface area contributed by atoms with E-state index in [0.717, 1.165) is 37.9 Å². The van der Waals surface area contributed by atoms with Crippen molar-refractivity contribution in [2.75, 3.05) is 11.6 Å². The molecule has 4 aromatic rings. The van der Waals surface area contributed by atoms with Crippen LogP contribution in [0.2, 0.25) is 0 Å². The van der Waals surface area contributed by atoms with Crippen molar-refractivity contribution in [3.05, 3.63) is 40.2 Å². The third kappa shape index (κ3) is 3.59. The summed E-state index contributed by atoms with van der Waals surface area (Å²) in [6, 6.07) is 5.80. The van der Waals surface area contributed by atoms with Gasteiger partial charge in [-0.3, -0.25) is 4.79 Å². The number of nitrogens with zero attached hydrogens (tertiary/aromatic N) is 5. The quantitative estimate of drug-likeness (QED) is 0.500. The number of amides is 1. The highest BCUT2D eigenvalue weighted by Crippen LogP contribution is 2.25. The molecule has 0 aliphatic heterocycles. The number of aryl methyl sites for hydroxylation is 3. The Morgan fingerprint density at radius 1 is 1.21 bits per heavy atom. The number of anilines is 1. The molecule has 0 aliphatic carbocycles. The van der Waals surface area contributed by atoms with Crippen LogP contribution >= 0.6 is 23.1 Å². The smallest absolute Gasteiger partial charge is 0.253 e. The number of thioether (sulfide) groups is 1. The first-order valence-electron chi connectivity index (χ1n) is 8.88. The minimum Gasteiger partial charge on any atom is -0.326 e. The lowest BCUT2D eigenvalue weighted by molar-refractivity contribution is -0.116. The molecule has 0 unspecified atom stereocenters. The van der Waals surface area contributed by atoms with E-state index in [4.69, 9.17) is 0 Å². The highest BCUT2D eigenvalue weighted by Gasteiger charge is 2.14. The molecule has 7 nitrogen and oxygen atoms in total. The van der Waals surface area contributed by atoms with Crippen LogP contribution in [0.4, 0.5) is 5.69 Å². The molecule has 144 valence electrons. The van der Waals surface area contributed by atoms with E-state index >= 15 is 0 Å². The Balaban J connectivity index is 1.49. The Morgan fingerprint density at radius 2 is 2.04 bits per heavy atom. The van der Waals surface area contributed by atoms with Crippen LogP contribution in [0.15, 0.2) is 23.4 Å². The van der Waals surface area contributed by atoms with E-state index in [2.05, 4.69) is 25.4 Å². The zero-order chi connectivity index (χ0) is 19.8. The molecule has 9 heteroatoms. The van der Waals surface area contributed by atoms with Gasteiger partial charge in [-0.2, -0.15) is 4.98 Å². The number of benzene rings is 1. The molecule has 0 saturated heterocycles. The van der Waals surface area contributed by atoms with Gasteiger partial charge in [0.25, 0.3) is 5.78 Å². The van der Waals surface area contributed by atoms with E-state index in [1.54, 1.807) is 15.9 Å². The highest BCUT2D eigenvalue weighted by atomic mass is 32.2. The van der Waals surface area contributed by atoms with Gasteiger partial charge in [-0.15, -0.1) is 16.4 Å². The van der Waals surface area contributed by atoms with Gasteiger partial charge < -0.3 is 5.32 Å². The second kappa shape index (κ2) is 7.48. The second-order valence-electron chi connectivity index (χ2n) is 6.54. The summed E-state index contributed by atoms with van der Waals surface area (Å²) in [5.74, 6) is 0.573. The van der Waals surface area contributed by atoms with Gasteiger partial charge in [0, 0.05) is 23.5 Å². The standard InChI is InChI=1S/C19H20N6OS2/c1-10-14(11(2)25-18(20-10)23-19(24-25)27-4)6-8-17(26)22-13-5-7-15-16(9-13)28-12(3)21-15/h5,7,9H,6,8H2,1-4H3,(H,22,26). The Kier molecular flexibility index (Phi) is 5.03. The molecule has 0 aliphatic rings. The number of hydrogen-bond donors (Lipinski definition) is 1. The SMILES string of the molecule is CSc1nc2nc(C)c(CCC(=O)Nc3ccc4nc(C)sc4c3)c(C)n2n1. The third-order valence-corrected chi connectivity index (χ3v) is 6.06. The summed E-state index contributed by atoms with van der Waals surface area (Å²) >= 11 is 3.11. The minimum atomic E-state index is -0.0251. The van der Waals surface area contributed by atoms with Crippen LogP contribution in [-0.4, -0.2) is 36.7 Å². The molecule has 0 spiro atoms. The summed E-state index contributed by atoms with van der Waals surface area (Å²) in [6.45, 7) is 5.93. The average molecular weight is 413 g/mol. The zero-order valence-corrected chi connectivity index (χ0v) is 17.7. The maximum Gasteiger partial charge on any atom is 0.253 e. The van der Waals surface area contributed by atoms with Crippen molar-refractivity contribution >= 4 is 50.7 Å². The number of nitrogens with one attached hydrogen (secondary N) is 1. The lowest BCUT2D eigenvalue weighted by atomic mass is 10.1. The molecule has 4 rings (SSSR count). The highest BCUT2D eigenvalue weighted by molar-refractivity contribution is 7.98. The van der Waals surface area contributed by atoms with Crippen molar-refractivity contribution in [1.82, 2.24) is 24.6 Å². The number of thiazole rings is 1. The largest absolute Gasteiger partial charge is 0.326 e. The van der Waals surface area contributed by atoms with E-state index in [1.165, 1.54) is 11.8 Å². The summed E-state index contributed by atoms with van der Waals surface area (Å²) in [5, 5.41) is 9.16. The summed E-state index contributed by atoms with van der Waals surface area (Å²) in [5.41, 5.74) is 4.66. The number of rotatable bonds is 5. The summed E-state index contributed by atoms with van der Waals surface area (Å²) in [6.07, 6.45) is 2.91. The molecule has 0 radical (unpaired) electrons. The third-order valence-electron chi connectivity index (χ3n) is 4.59. The second-order valence-corrected chi connectivity index (χ2v) is 8.54. The lowest BCUT2D eigenvalue weighted by Gasteiger charge is -2.10. The Labute approximate surface area is 170 Å². The van der Waals surface area contributed by atoms with Gasteiger partial charge in [-0.25, -0.2) is 14.5 Å². The van der Waals surface area contributed by atoms with E-state index in [-0.39, 0.29) is 5.91 Å². The van der Waals surface area contributed by atoms with Crippen LogP contribution in [0.3, 0.4) is 0 Å². The van der Waals surface area contributed by atoms with Gasteiger partial charge in [0.1, 0.15) is 0 Å². The van der Waals surface area contributed by atoms with Crippen LogP contribution < -0.4 is 5.32 Å². The molecular formula is C19H20N6OS2. The lowest BCUT2D eigenvalue weighted by Crippen LogP contribution is -2.14. The number of hydrogen-bond acceptors (Lipinski definition) is 7. The van der Waals surface area contributed by atoms with E-state index in [0.29, 0.717) is 23.8 Å². The van der Waals surface area contributed by atoms with Crippen LogP contribution in [0.25, 0.3) is 16.0 Å². The molecule has 0 saturated carbocycles. The van der Waals surface area contributed by atoms with Crippen molar-refractivity contribution in [3.8, 4) is 0 Å². The average Bonchev–Trinajstić information content (AvgIpc) is 3.23. The maximum atomic E-state index is 12.5. The van der Waals surface area contributed by atoms with Crippen LogP contribution in [0, 0.1) is 20.8 Å². The molecule has 3 aromatic heterocycles. The Morgan fingerprint density at radius 3 is 2.82 bits per heavy atom. The first-order valence-corrected chi connectivity index (χ1v) is 10.9. The van der Waals surface area contributed by atoms with Crippen molar-refractivity contribution in [3.63, 3.8) is 0 Å². The number of carbonyl (C=O) groups excluding carboxylic acids is 1. The Hall–Kier alpha value is -2.52. The fourth-order valence-electron chi connectivity index (χ4n) is 3.22. The van der Waals surface area contributed by atoms with Crippen LogP contribution in [0.5, 0.6) is 0 Å². The molecule has 1 amide bonds. The zero-order valence-electron chi connectivity index (χ0n) is 16.1. The van der Waals surface area contributed by atoms with E-state index in [9.17, 15) is 4.79 Å². The van der Waals surface area contributed by atoms with Gasteiger partial charge in [0.15, 0.2) is 0 Å². The molecule has 3 heterocycles. The molecule has 0 fully saturated rings. The molecule has 0 bridgehead atoms.